The lowest BCUT2D eigenvalue weighted by Gasteiger charge is -2.06. The van der Waals surface area contributed by atoms with Crippen molar-refractivity contribution >= 4 is 16.8 Å². The number of nitrogens with one attached hydrogen (secondary N) is 2. The smallest absolute Gasteiger partial charge is 0.234 e. The first-order valence-corrected chi connectivity index (χ1v) is 6.66. The van der Waals surface area contributed by atoms with Crippen LogP contribution in [0, 0.1) is 0 Å². The molecular formula is C15H17N3O. The number of benzene rings is 1. The summed E-state index contributed by atoms with van der Waals surface area (Å²) in [5.41, 5.74) is 1.95. The predicted octanol–water partition coefficient (Wildman–Crippen LogP) is 1.60. The van der Waals surface area contributed by atoms with Gasteiger partial charge < -0.3 is 10.6 Å². The quantitative estimate of drug-likeness (QED) is 0.853. The number of carbonyl (C=O) groups is 1. The Morgan fingerprint density at radius 3 is 2.89 bits per heavy atom. The molecule has 4 nitrogen and oxygen atoms in total. The van der Waals surface area contributed by atoms with Gasteiger partial charge in [0.15, 0.2) is 0 Å². The molecule has 1 aliphatic rings. The van der Waals surface area contributed by atoms with Gasteiger partial charge in [-0.25, -0.2) is 0 Å². The normalized spacial score (nSPS) is 14.5. The maximum atomic E-state index is 11.5. The minimum Gasteiger partial charge on any atom is -0.352 e. The second kappa shape index (κ2) is 5.36. The molecule has 1 saturated carbocycles. The number of para-hydroxylation sites is 1. The van der Waals surface area contributed by atoms with E-state index >= 15 is 0 Å². The zero-order valence-corrected chi connectivity index (χ0v) is 10.7. The number of hydrogen-bond acceptors (Lipinski definition) is 3. The third-order valence-electron chi connectivity index (χ3n) is 3.19. The van der Waals surface area contributed by atoms with Crippen molar-refractivity contribution < 1.29 is 4.79 Å². The van der Waals surface area contributed by atoms with Crippen molar-refractivity contribution in [1.29, 1.82) is 0 Å². The van der Waals surface area contributed by atoms with Crippen LogP contribution in [0.2, 0.25) is 0 Å². The van der Waals surface area contributed by atoms with Gasteiger partial charge in [-0.05, 0) is 25.0 Å². The molecule has 1 heterocycles. The minimum absolute atomic E-state index is 0.0725. The number of rotatable bonds is 5. The van der Waals surface area contributed by atoms with E-state index in [1.165, 1.54) is 0 Å². The van der Waals surface area contributed by atoms with Gasteiger partial charge in [0.05, 0.1) is 17.8 Å². The van der Waals surface area contributed by atoms with Crippen molar-refractivity contribution in [3.05, 3.63) is 42.1 Å². The number of hydrogen-bond donors (Lipinski definition) is 2. The topological polar surface area (TPSA) is 54.0 Å². The Morgan fingerprint density at radius 1 is 1.21 bits per heavy atom. The number of carbonyl (C=O) groups excluding carboxylic acids is 1. The lowest BCUT2D eigenvalue weighted by molar-refractivity contribution is -0.120. The zero-order valence-electron chi connectivity index (χ0n) is 10.7. The van der Waals surface area contributed by atoms with Gasteiger partial charge in [0.1, 0.15) is 0 Å². The highest BCUT2D eigenvalue weighted by Gasteiger charge is 2.22. The van der Waals surface area contributed by atoms with Crippen LogP contribution in [-0.2, 0) is 11.3 Å². The van der Waals surface area contributed by atoms with Gasteiger partial charge in [-0.15, -0.1) is 0 Å². The lowest BCUT2D eigenvalue weighted by atomic mass is 10.2. The molecule has 0 atom stereocenters. The highest BCUT2D eigenvalue weighted by atomic mass is 16.2. The maximum absolute atomic E-state index is 11.5. The summed E-state index contributed by atoms with van der Waals surface area (Å²) < 4.78 is 0. The second-order valence-electron chi connectivity index (χ2n) is 4.94. The number of fused-ring (bicyclic) bond motifs is 1. The van der Waals surface area contributed by atoms with Crippen molar-refractivity contribution in [1.82, 2.24) is 15.6 Å². The van der Waals surface area contributed by atoms with Gasteiger partial charge in [-0.1, -0.05) is 24.3 Å². The molecule has 0 aliphatic heterocycles. The van der Waals surface area contributed by atoms with Crippen molar-refractivity contribution in [2.45, 2.75) is 25.4 Å². The fourth-order valence-corrected chi connectivity index (χ4v) is 2.02. The van der Waals surface area contributed by atoms with Gasteiger partial charge in [0.2, 0.25) is 5.91 Å². The highest BCUT2D eigenvalue weighted by molar-refractivity contribution is 5.79. The van der Waals surface area contributed by atoms with Crippen molar-refractivity contribution in [2.24, 2.45) is 0 Å². The summed E-state index contributed by atoms with van der Waals surface area (Å²) in [5, 5.41) is 7.21. The Morgan fingerprint density at radius 2 is 2.05 bits per heavy atom. The van der Waals surface area contributed by atoms with Crippen LogP contribution >= 0.6 is 0 Å². The van der Waals surface area contributed by atoms with Crippen molar-refractivity contribution in [2.75, 3.05) is 6.54 Å². The molecule has 1 aromatic carbocycles. The minimum atomic E-state index is 0.0725. The van der Waals surface area contributed by atoms with Crippen molar-refractivity contribution in [3.8, 4) is 0 Å². The van der Waals surface area contributed by atoms with Crippen LogP contribution < -0.4 is 10.6 Å². The van der Waals surface area contributed by atoms with Gasteiger partial charge in [-0.2, -0.15) is 0 Å². The van der Waals surface area contributed by atoms with Crippen molar-refractivity contribution in [3.63, 3.8) is 0 Å². The molecule has 98 valence electrons. The second-order valence-corrected chi connectivity index (χ2v) is 4.94. The van der Waals surface area contributed by atoms with Crippen LogP contribution in [0.5, 0.6) is 0 Å². The Kier molecular flexibility index (Phi) is 3.42. The van der Waals surface area contributed by atoms with Crippen LogP contribution in [0.15, 0.2) is 36.4 Å². The molecule has 2 N–H and O–H groups in total. The monoisotopic (exact) mass is 255 g/mol. The molecule has 0 radical (unpaired) electrons. The van der Waals surface area contributed by atoms with Crippen LogP contribution in [0.4, 0.5) is 0 Å². The number of pyridine rings is 1. The molecule has 1 fully saturated rings. The van der Waals surface area contributed by atoms with E-state index < -0.39 is 0 Å². The van der Waals surface area contributed by atoms with Gasteiger partial charge >= 0.3 is 0 Å². The summed E-state index contributed by atoms with van der Waals surface area (Å²) in [7, 11) is 0. The average molecular weight is 255 g/mol. The van der Waals surface area contributed by atoms with E-state index in [4.69, 9.17) is 0 Å². The van der Waals surface area contributed by atoms with Gasteiger partial charge in [0, 0.05) is 18.0 Å². The van der Waals surface area contributed by atoms with E-state index in [2.05, 4.69) is 21.7 Å². The third-order valence-corrected chi connectivity index (χ3v) is 3.19. The Hall–Kier alpha value is -1.94. The molecular weight excluding hydrogens is 238 g/mol. The van der Waals surface area contributed by atoms with E-state index in [1.54, 1.807) is 0 Å². The van der Waals surface area contributed by atoms with E-state index in [-0.39, 0.29) is 5.91 Å². The molecule has 0 spiro atoms. The Labute approximate surface area is 112 Å². The SMILES string of the molecule is O=C(CNCc1ccc2ccccc2n1)NC1CC1. The number of aromatic nitrogens is 1. The third kappa shape index (κ3) is 3.29. The van der Waals surface area contributed by atoms with E-state index in [9.17, 15) is 4.79 Å². The average Bonchev–Trinajstić information content (AvgIpc) is 3.22. The zero-order chi connectivity index (χ0) is 13.1. The Bertz CT molecular complexity index is 593. The van der Waals surface area contributed by atoms with E-state index in [0.717, 1.165) is 29.4 Å². The summed E-state index contributed by atoms with van der Waals surface area (Å²) in [6.45, 7) is 0.966. The lowest BCUT2D eigenvalue weighted by Crippen LogP contribution is -2.34. The molecule has 3 rings (SSSR count). The summed E-state index contributed by atoms with van der Waals surface area (Å²) in [6, 6.07) is 12.5. The molecule has 0 saturated heterocycles. The molecule has 1 amide bonds. The molecule has 19 heavy (non-hydrogen) atoms. The van der Waals surface area contributed by atoms with Crippen LogP contribution in [0.25, 0.3) is 10.9 Å². The summed E-state index contributed by atoms with van der Waals surface area (Å²) in [5.74, 6) is 0.0725. The maximum Gasteiger partial charge on any atom is 0.234 e. The first kappa shape index (κ1) is 12.1. The van der Waals surface area contributed by atoms with Crippen LogP contribution in [0.1, 0.15) is 18.5 Å². The molecule has 1 aliphatic carbocycles. The van der Waals surface area contributed by atoms with E-state index in [1.807, 2.05) is 30.3 Å². The number of amides is 1. The highest BCUT2D eigenvalue weighted by Crippen LogP contribution is 2.18. The molecule has 2 aromatic rings. The first-order chi connectivity index (χ1) is 9.31. The fraction of sp³-hybridized carbons (Fsp3) is 0.333. The Balaban J connectivity index is 1.54. The summed E-state index contributed by atoms with van der Waals surface area (Å²) in [4.78, 5) is 16.1. The standard InChI is InChI=1S/C15H17N3O/c19-15(18-12-7-8-12)10-16-9-13-6-5-11-3-1-2-4-14(11)17-13/h1-6,12,16H,7-10H2,(H,18,19). The molecule has 4 heteroatoms. The predicted molar refractivity (Wildman–Crippen MR) is 74.6 cm³/mol. The first-order valence-electron chi connectivity index (χ1n) is 6.66. The molecule has 0 bridgehead atoms. The summed E-state index contributed by atoms with van der Waals surface area (Å²) in [6.07, 6.45) is 2.25. The van der Waals surface area contributed by atoms with Gasteiger partial charge in [-0.3, -0.25) is 9.78 Å². The summed E-state index contributed by atoms with van der Waals surface area (Å²) >= 11 is 0. The fourth-order valence-electron chi connectivity index (χ4n) is 2.02. The molecule has 0 unspecified atom stereocenters. The largest absolute Gasteiger partial charge is 0.352 e. The van der Waals surface area contributed by atoms with Crippen LogP contribution in [-0.4, -0.2) is 23.5 Å². The van der Waals surface area contributed by atoms with E-state index in [0.29, 0.717) is 19.1 Å². The van der Waals surface area contributed by atoms with Crippen LogP contribution in [0.3, 0.4) is 0 Å². The number of nitrogens with zero attached hydrogens (tertiary/aromatic N) is 1. The molecule has 1 aromatic heterocycles. The van der Waals surface area contributed by atoms with Gasteiger partial charge in [0.25, 0.3) is 0 Å².